The largest absolute Gasteiger partial charge is 0.443 e. The highest BCUT2D eigenvalue weighted by Gasteiger charge is 2.50. The van der Waals surface area contributed by atoms with Gasteiger partial charge in [0.25, 0.3) is 0 Å². The third-order valence-electron chi connectivity index (χ3n) is 7.02. The van der Waals surface area contributed by atoms with Gasteiger partial charge in [-0.15, -0.1) is 0 Å². The third-order valence-corrected chi connectivity index (χ3v) is 7.02. The summed E-state index contributed by atoms with van der Waals surface area (Å²) >= 11 is 0. The van der Waals surface area contributed by atoms with Crippen LogP contribution in [0.3, 0.4) is 0 Å². The summed E-state index contributed by atoms with van der Waals surface area (Å²) in [6.07, 6.45) is 1.50. The van der Waals surface area contributed by atoms with E-state index in [1.807, 2.05) is 72.9 Å². The molecule has 3 aromatic carbocycles. The number of ether oxygens (including phenoxy) is 2. The van der Waals surface area contributed by atoms with Gasteiger partial charge in [-0.25, -0.2) is 19.6 Å². The minimum absolute atomic E-state index is 0.133. The third kappa shape index (κ3) is 4.70. The zero-order chi connectivity index (χ0) is 25.2. The number of hydrogen-bond acceptors (Lipinski definition) is 5. The molecule has 3 heterocycles. The van der Waals surface area contributed by atoms with Crippen LogP contribution in [0.2, 0.25) is 0 Å². The molecule has 0 spiro atoms. The Kier molecular flexibility index (Phi) is 6.14. The quantitative estimate of drug-likeness (QED) is 0.405. The van der Waals surface area contributed by atoms with Crippen molar-refractivity contribution in [3.8, 4) is 0 Å². The van der Waals surface area contributed by atoms with Crippen LogP contribution in [0.15, 0.2) is 91.1 Å². The summed E-state index contributed by atoms with van der Waals surface area (Å²) in [5.41, 5.74) is 3.90. The Hall–Kier alpha value is -4.46. The SMILES string of the molecule is O=C(OCc1ccccc1)N1C2CC(CN(c3ccc4[nH]ccc4c3)C2)N1C(=O)OCc1ccccc1. The number of rotatable bonds is 5. The van der Waals surface area contributed by atoms with Crippen molar-refractivity contribution >= 4 is 28.8 Å². The Labute approximate surface area is 215 Å². The Morgan fingerprint density at radius 2 is 1.32 bits per heavy atom. The number of benzene rings is 3. The van der Waals surface area contributed by atoms with Gasteiger partial charge < -0.3 is 19.4 Å². The Bertz CT molecular complexity index is 1320. The highest BCUT2D eigenvalue weighted by molar-refractivity contribution is 5.83. The molecule has 4 aromatic rings. The first-order valence-corrected chi connectivity index (χ1v) is 12.5. The molecular formula is C29H28N4O4. The normalized spacial score (nSPS) is 18.8. The smallest absolute Gasteiger partial charge is 0.429 e. The van der Waals surface area contributed by atoms with Crippen molar-refractivity contribution in [1.82, 2.24) is 15.0 Å². The lowest BCUT2D eigenvalue weighted by Gasteiger charge is -2.32. The molecule has 1 aromatic heterocycles. The predicted octanol–water partition coefficient (Wildman–Crippen LogP) is 5.32. The zero-order valence-corrected chi connectivity index (χ0v) is 20.3. The molecule has 6 rings (SSSR count). The Morgan fingerprint density at radius 3 is 1.89 bits per heavy atom. The monoisotopic (exact) mass is 496 g/mol. The molecule has 2 aliphatic rings. The average Bonchev–Trinajstić information content (AvgIpc) is 3.52. The summed E-state index contributed by atoms with van der Waals surface area (Å²) in [6.45, 7) is 1.45. The molecule has 2 bridgehead atoms. The highest BCUT2D eigenvalue weighted by atomic mass is 16.6. The molecule has 37 heavy (non-hydrogen) atoms. The van der Waals surface area contributed by atoms with Crippen LogP contribution < -0.4 is 4.90 Å². The number of nitrogens with one attached hydrogen (secondary N) is 1. The number of carbonyl (C=O) groups excluding carboxylic acids is 2. The molecule has 0 radical (unpaired) electrons. The molecule has 8 nitrogen and oxygen atoms in total. The Morgan fingerprint density at radius 1 is 0.757 bits per heavy atom. The van der Waals surface area contributed by atoms with E-state index < -0.39 is 12.2 Å². The molecule has 2 atom stereocenters. The lowest BCUT2D eigenvalue weighted by Crippen LogP contribution is -2.50. The summed E-state index contributed by atoms with van der Waals surface area (Å²) in [6, 6.07) is 26.9. The second-order valence-corrected chi connectivity index (χ2v) is 9.47. The molecule has 0 saturated carbocycles. The fourth-order valence-corrected chi connectivity index (χ4v) is 5.25. The number of hydrogen-bond donors (Lipinski definition) is 1. The first-order chi connectivity index (χ1) is 18.2. The topological polar surface area (TPSA) is 78.1 Å². The fraction of sp³-hybridized carbons (Fsp3) is 0.241. The summed E-state index contributed by atoms with van der Waals surface area (Å²) in [5.74, 6) is 0. The molecule has 0 aliphatic carbocycles. The minimum Gasteiger partial charge on any atom is -0.443 e. The van der Waals surface area contributed by atoms with Gasteiger partial charge in [-0.1, -0.05) is 60.7 Å². The summed E-state index contributed by atoms with van der Waals surface area (Å²) < 4.78 is 11.3. The molecule has 188 valence electrons. The van der Waals surface area contributed by atoms with E-state index >= 15 is 0 Å². The number of aromatic nitrogens is 1. The van der Waals surface area contributed by atoms with E-state index in [9.17, 15) is 9.59 Å². The van der Waals surface area contributed by atoms with Crippen molar-refractivity contribution in [2.24, 2.45) is 0 Å². The van der Waals surface area contributed by atoms with Crippen LogP contribution in [0.4, 0.5) is 15.3 Å². The van der Waals surface area contributed by atoms with Crippen molar-refractivity contribution in [3.05, 3.63) is 102 Å². The van der Waals surface area contributed by atoms with E-state index in [1.165, 1.54) is 10.0 Å². The van der Waals surface area contributed by atoms with E-state index in [0.717, 1.165) is 27.7 Å². The molecule has 1 N–H and O–H groups in total. The van der Waals surface area contributed by atoms with Gasteiger partial charge in [0.05, 0.1) is 12.1 Å². The second kappa shape index (κ2) is 9.89. The molecule has 2 saturated heterocycles. The van der Waals surface area contributed by atoms with Crippen molar-refractivity contribution < 1.29 is 19.1 Å². The van der Waals surface area contributed by atoms with E-state index in [0.29, 0.717) is 19.5 Å². The summed E-state index contributed by atoms with van der Waals surface area (Å²) in [5, 5.41) is 4.06. The predicted molar refractivity (Wildman–Crippen MR) is 140 cm³/mol. The standard InChI is InChI=1S/C29H28N4O4/c34-28(36-19-21-7-3-1-4-8-21)32-25-16-26(33(32)29(35)37-20-22-9-5-2-6-10-22)18-31(17-25)24-11-12-27-23(15-24)13-14-30-27/h1-15,25-26,30H,16-20H2. The number of H-pyrrole nitrogens is 1. The van der Waals surface area contributed by atoms with Crippen molar-refractivity contribution in [2.75, 3.05) is 18.0 Å². The van der Waals surface area contributed by atoms with Gasteiger partial charge in [-0.3, -0.25) is 0 Å². The van der Waals surface area contributed by atoms with Gasteiger partial charge in [-0.05, 0) is 41.8 Å². The lowest BCUT2D eigenvalue weighted by molar-refractivity contribution is -0.0199. The first-order valence-electron chi connectivity index (χ1n) is 12.5. The van der Waals surface area contributed by atoms with Crippen LogP contribution >= 0.6 is 0 Å². The zero-order valence-electron chi connectivity index (χ0n) is 20.3. The van der Waals surface area contributed by atoms with Gasteiger partial charge in [-0.2, -0.15) is 0 Å². The molecule has 8 heteroatoms. The van der Waals surface area contributed by atoms with Gasteiger partial charge in [0.1, 0.15) is 13.2 Å². The van der Waals surface area contributed by atoms with Crippen LogP contribution in [-0.2, 0) is 22.7 Å². The maximum Gasteiger partial charge on any atom is 0.429 e. The maximum atomic E-state index is 13.4. The van der Waals surface area contributed by atoms with Crippen LogP contribution in [0.1, 0.15) is 17.5 Å². The average molecular weight is 497 g/mol. The van der Waals surface area contributed by atoms with Crippen molar-refractivity contribution in [3.63, 3.8) is 0 Å². The molecule has 2 amide bonds. The summed E-state index contributed by atoms with van der Waals surface area (Å²) in [4.78, 5) is 32.2. The number of piperidine rings is 1. The number of aromatic amines is 1. The van der Waals surface area contributed by atoms with Crippen LogP contribution in [0.25, 0.3) is 10.9 Å². The fourth-order valence-electron chi connectivity index (χ4n) is 5.25. The number of anilines is 1. The van der Waals surface area contributed by atoms with E-state index in [4.69, 9.17) is 9.47 Å². The first kappa shape index (κ1) is 23.0. The van der Waals surface area contributed by atoms with E-state index in [-0.39, 0.29) is 25.3 Å². The van der Waals surface area contributed by atoms with E-state index in [2.05, 4.69) is 28.1 Å². The highest BCUT2D eigenvalue weighted by Crippen LogP contribution is 2.35. The molecule has 2 aliphatic heterocycles. The van der Waals surface area contributed by atoms with Crippen LogP contribution in [-0.4, -0.2) is 52.4 Å². The summed E-state index contributed by atoms with van der Waals surface area (Å²) in [7, 11) is 0. The van der Waals surface area contributed by atoms with Gasteiger partial charge in [0, 0.05) is 35.9 Å². The number of amides is 2. The number of carbonyl (C=O) groups is 2. The number of fused-ring (bicyclic) bond motifs is 3. The van der Waals surface area contributed by atoms with Crippen LogP contribution in [0, 0.1) is 0 Å². The molecule has 2 unspecified atom stereocenters. The maximum absolute atomic E-state index is 13.4. The van der Waals surface area contributed by atoms with Gasteiger partial charge in [0.15, 0.2) is 0 Å². The molecular weight excluding hydrogens is 468 g/mol. The minimum atomic E-state index is -0.545. The molecule has 2 fully saturated rings. The Balaban J connectivity index is 1.23. The number of hydrazine groups is 1. The van der Waals surface area contributed by atoms with Gasteiger partial charge >= 0.3 is 12.2 Å². The van der Waals surface area contributed by atoms with Crippen molar-refractivity contribution in [2.45, 2.75) is 31.7 Å². The number of nitrogens with zero attached hydrogens (tertiary/aromatic N) is 3. The van der Waals surface area contributed by atoms with Gasteiger partial charge in [0.2, 0.25) is 0 Å². The second-order valence-electron chi connectivity index (χ2n) is 9.47. The van der Waals surface area contributed by atoms with Crippen LogP contribution in [0.5, 0.6) is 0 Å². The van der Waals surface area contributed by atoms with Crippen molar-refractivity contribution in [1.29, 1.82) is 0 Å². The lowest BCUT2D eigenvalue weighted by atomic mass is 10.0. The van der Waals surface area contributed by atoms with E-state index in [1.54, 1.807) is 0 Å².